The molecule has 3 aromatic heterocycles. The molecule has 4 aromatic carbocycles. The third-order valence-electron chi connectivity index (χ3n) is 10.8. The Balaban J connectivity index is 1.26. The number of benzene rings is 4. The summed E-state index contributed by atoms with van der Waals surface area (Å²) in [5.74, 6) is 3.11. The molecule has 0 amide bonds. The van der Waals surface area contributed by atoms with Crippen molar-refractivity contribution in [2.75, 3.05) is 0 Å². The second-order valence-electron chi connectivity index (χ2n) is 16.2. The van der Waals surface area contributed by atoms with Gasteiger partial charge in [-0.2, -0.15) is 0 Å². The van der Waals surface area contributed by atoms with Crippen LogP contribution < -0.4 is 4.74 Å². The van der Waals surface area contributed by atoms with Crippen LogP contribution in [0.3, 0.4) is 0 Å². The van der Waals surface area contributed by atoms with Crippen molar-refractivity contribution in [3.63, 3.8) is 0 Å². The monoisotopic (exact) mass is 841 g/mol. The van der Waals surface area contributed by atoms with Gasteiger partial charge >= 0.3 is 202 Å². The number of hydrogen-bond acceptors (Lipinski definition) is 2. The van der Waals surface area contributed by atoms with Crippen molar-refractivity contribution in [2.45, 2.75) is 84.1 Å². The van der Waals surface area contributed by atoms with Crippen molar-refractivity contribution in [1.82, 2.24) is 18.7 Å². The molecular formula is C44H46N4OPt. The second-order valence-corrected chi connectivity index (χ2v) is 17.2. The fourth-order valence-electron chi connectivity index (χ4n) is 7.85. The van der Waals surface area contributed by atoms with Crippen molar-refractivity contribution >= 4 is 32.8 Å². The van der Waals surface area contributed by atoms with Gasteiger partial charge in [-0.1, -0.05) is 47.6 Å². The molecule has 0 saturated heterocycles. The van der Waals surface area contributed by atoms with Crippen LogP contribution in [0.1, 0.15) is 95.5 Å². The Morgan fingerprint density at radius 1 is 0.680 bits per heavy atom. The summed E-state index contributed by atoms with van der Waals surface area (Å²) in [6.07, 6.45) is 4.19. The molecule has 0 spiro atoms. The maximum atomic E-state index is 6.79. The molecule has 5 nitrogen and oxygen atoms in total. The molecule has 0 saturated carbocycles. The van der Waals surface area contributed by atoms with Crippen LogP contribution in [0, 0.1) is 3.80 Å². The maximum absolute atomic E-state index is 6.79. The average Bonchev–Trinajstić information content (AvgIpc) is 3.54. The molecule has 6 heteroatoms. The first kappa shape index (κ1) is 33.0. The summed E-state index contributed by atoms with van der Waals surface area (Å²) in [4.78, 5) is 4.92. The van der Waals surface area contributed by atoms with E-state index >= 15 is 0 Å². The summed E-state index contributed by atoms with van der Waals surface area (Å²) >= 11 is 2.49. The molecule has 0 N–H and O–H groups in total. The van der Waals surface area contributed by atoms with Gasteiger partial charge in [0.2, 0.25) is 0 Å². The summed E-state index contributed by atoms with van der Waals surface area (Å²) in [6.45, 7) is 15.9. The SMILES string of the molecule is CC1CCC(n2[c](=[Pt])n(C)c3ccccc32)c2cc(Oc3ccc4c5cc(C(C)(C)C)ccc5n(-c5cc(C(C)(C)C)ccn5)c4c3)ccc21. The topological polar surface area (TPSA) is 36.9 Å². The Bertz CT molecular complexity index is 2500. The zero-order chi connectivity index (χ0) is 35.1. The molecule has 8 rings (SSSR count). The van der Waals surface area contributed by atoms with Crippen LogP contribution in [0.5, 0.6) is 11.5 Å². The average molecular weight is 842 g/mol. The van der Waals surface area contributed by atoms with Gasteiger partial charge in [-0.05, 0) is 46.2 Å². The standard InChI is InChI=1S/C44H46N4O.Pt/c1-28-13-19-37(47-27-46(8)39-11-9-10-12-40(39)47)36-25-31(15-17-33(28)36)49-32-16-18-34-35-23-29(43(2,3)4)14-20-38(35)48(41(34)26-32)42-24-30(21-22-45-42)44(5,6)7;/h9-12,14-18,20-26,28,37H,13,19H2,1-8H3;. The molecule has 0 bridgehead atoms. The van der Waals surface area contributed by atoms with Crippen molar-refractivity contribution in [3.05, 3.63) is 123 Å². The Labute approximate surface area is 306 Å². The molecule has 1 aliphatic rings. The van der Waals surface area contributed by atoms with E-state index < -0.39 is 0 Å². The number of fused-ring (bicyclic) bond motifs is 5. The number of pyridine rings is 1. The molecule has 50 heavy (non-hydrogen) atoms. The van der Waals surface area contributed by atoms with Gasteiger partial charge in [0.1, 0.15) is 0 Å². The fraction of sp³-hybridized carbons (Fsp3) is 0.318. The van der Waals surface area contributed by atoms with Crippen LogP contribution in [0.4, 0.5) is 0 Å². The molecule has 0 radical (unpaired) electrons. The number of imidazole rings is 1. The van der Waals surface area contributed by atoms with Crippen molar-refractivity contribution < 1.29 is 24.1 Å². The number of ether oxygens (including phenoxy) is 1. The normalized spacial score (nSPS) is 16.8. The minimum absolute atomic E-state index is 0.00829. The van der Waals surface area contributed by atoms with Crippen molar-refractivity contribution in [1.29, 1.82) is 0 Å². The quantitative estimate of drug-likeness (QED) is 0.177. The second kappa shape index (κ2) is 11.9. The van der Waals surface area contributed by atoms with Crippen molar-refractivity contribution in [2.24, 2.45) is 7.05 Å². The van der Waals surface area contributed by atoms with Gasteiger partial charge in [-0.3, -0.25) is 0 Å². The van der Waals surface area contributed by atoms with E-state index in [9.17, 15) is 0 Å². The van der Waals surface area contributed by atoms with Crippen LogP contribution in [0.25, 0.3) is 38.7 Å². The van der Waals surface area contributed by atoms with E-state index in [1.807, 2.05) is 6.20 Å². The molecular weight excluding hydrogens is 796 g/mol. The molecule has 7 aromatic rings. The number of aryl methyl sites for hydroxylation is 1. The Kier molecular flexibility index (Phi) is 7.87. The minimum atomic E-state index is 0.00829. The molecule has 2 unspecified atom stereocenters. The van der Waals surface area contributed by atoms with Gasteiger partial charge in [0.25, 0.3) is 0 Å². The first-order chi connectivity index (χ1) is 23.8. The van der Waals surface area contributed by atoms with E-state index in [4.69, 9.17) is 9.72 Å². The molecule has 1 aliphatic carbocycles. The van der Waals surface area contributed by atoms with Gasteiger partial charge in [0.15, 0.2) is 0 Å². The Hall–Kier alpha value is -4.21. The first-order valence-electron chi connectivity index (χ1n) is 17.8. The summed E-state index contributed by atoms with van der Waals surface area (Å²) in [5, 5.41) is 2.43. The van der Waals surface area contributed by atoms with Gasteiger partial charge in [0.05, 0.1) is 0 Å². The first-order valence-corrected chi connectivity index (χ1v) is 18.9. The van der Waals surface area contributed by atoms with Gasteiger partial charge in [-0.25, -0.2) is 4.98 Å². The predicted octanol–water partition coefficient (Wildman–Crippen LogP) is 11.4. The van der Waals surface area contributed by atoms with Crippen LogP contribution >= 0.6 is 0 Å². The predicted molar refractivity (Wildman–Crippen MR) is 202 cm³/mol. The number of nitrogens with zero attached hydrogens (tertiary/aromatic N) is 4. The van der Waals surface area contributed by atoms with Crippen LogP contribution in [0.15, 0.2) is 97.2 Å². The van der Waals surface area contributed by atoms with Gasteiger partial charge < -0.3 is 0 Å². The number of para-hydroxylation sites is 2. The van der Waals surface area contributed by atoms with Crippen LogP contribution in [0.2, 0.25) is 0 Å². The van der Waals surface area contributed by atoms with Crippen LogP contribution in [-0.2, 0) is 37.2 Å². The Morgan fingerprint density at radius 3 is 2.14 bits per heavy atom. The molecule has 0 fully saturated rings. The summed E-state index contributed by atoms with van der Waals surface area (Å²) in [5.41, 5.74) is 10.2. The zero-order valence-corrected chi connectivity index (χ0v) is 32.6. The number of aromatic nitrogens is 4. The van der Waals surface area contributed by atoms with E-state index in [1.54, 1.807) is 0 Å². The number of rotatable bonds is 4. The van der Waals surface area contributed by atoms with Gasteiger partial charge in [0, 0.05) is 6.20 Å². The summed E-state index contributed by atoms with van der Waals surface area (Å²) in [7, 11) is 2.17. The molecule has 3 heterocycles. The van der Waals surface area contributed by atoms with E-state index in [-0.39, 0.29) is 16.9 Å². The van der Waals surface area contributed by atoms with E-state index in [0.717, 1.165) is 41.2 Å². The van der Waals surface area contributed by atoms with E-state index in [2.05, 4.69) is 180 Å². The van der Waals surface area contributed by atoms with Crippen LogP contribution in [-0.4, -0.2) is 18.7 Å². The fourth-order valence-corrected chi connectivity index (χ4v) is 8.75. The third-order valence-corrected chi connectivity index (χ3v) is 12.1. The van der Waals surface area contributed by atoms with E-state index in [1.165, 1.54) is 47.9 Å². The van der Waals surface area contributed by atoms with Gasteiger partial charge in [-0.15, -0.1) is 0 Å². The Morgan fingerprint density at radius 2 is 1.38 bits per heavy atom. The molecule has 2 atom stereocenters. The molecule has 258 valence electrons. The summed E-state index contributed by atoms with van der Waals surface area (Å²) < 4.78 is 15.2. The van der Waals surface area contributed by atoms with E-state index in [0.29, 0.717) is 5.92 Å². The number of hydrogen-bond donors (Lipinski definition) is 0. The van der Waals surface area contributed by atoms with Crippen molar-refractivity contribution in [3.8, 4) is 17.3 Å². The molecule has 0 aliphatic heterocycles. The third kappa shape index (κ3) is 5.49. The zero-order valence-electron chi connectivity index (χ0n) is 30.3. The summed E-state index contributed by atoms with van der Waals surface area (Å²) in [6, 6.07) is 33.5.